The first kappa shape index (κ1) is 19.4. The molecule has 0 fully saturated rings. The summed E-state index contributed by atoms with van der Waals surface area (Å²) in [4.78, 5) is 18.2. The molecule has 0 bridgehead atoms. The Kier molecular flexibility index (Phi) is 4.86. The summed E-state index contributed by atoms with van der Waals surface area (Å²) in [6, 6.07) is 13.5. The lowest BCUT2D eigenvalue weighted by Crippen LogP contribution is -1.88. The van der Waals surface area contributed by atoms with Crippen LogP contribution in [0.1, 0.15) is 22.7 Å². The number of aromatic nitrogens is 2. The number of imidazole rings is 1. The number of aromatic amines is 1. The third-order valence-electron chi connectivity index (χ3n) is 4.81. The molecule has 0 aliphatic heterocycles. The first-order chi connectivity index (χ1) is 14.4. The number of H-pyrrole nitrogens is 1. The van der Waals surface area contributed by atoms with E-state index in [0.717, 1.165) is 22.2 Å². The van der Waals surface area contributed by atoms with Gasteiger partial charge in [0.05, 0.1) is 26.6 Å². The van der Waals surface area contributed by atoms with Crippen molar-refractivity contribution < 1.29 is 9.34 Å². The number of nitriles is 1. The summed E-state index contributed by atoms with van der Waals surface area (Å²) >= 11 is 6.18. The summed E-state index contributed by atoms with van der Waals surface area (Å²) in [6.07, 6.45) is 1.56. The Morgan fingerprint density at radius 2 is 2.00 bits per heavy atom. The van der Waals surface area contributed by atoms with Gasteiger partial charge in [0.15, 0.2) is 0 Å². The second-order valence-electron chi connectivity index (χ2n) is 6.83. The van der Waals surface area contributed by atoms with E-state index in [1.165, 1.54) is 18.2 Å². The monoisotopic (exact) mass is 418 g/mol. The molecule has 4 rings (SSSR count). The number of hydrogen-bond donors (Lipinski definition) is 1. The van der Waals surface area contributed by atoms with E-state index >= 15 is 0 Å². The van der Waals surface area contributed by atoms with Crippen molar-refractivity contribution in [3.8, 4) is 17.4 Å². The van der Waals surface area contributed by atoms with E-state index in [1.807, 2.05) is 26.0 Å². The van der Waals surface area contributed by atoms with Crippen LogP contribution in [0.2, 0.25) is 5.02 Å². The van der Waals surface area contributed by atoms with Gasteiger partial charge < -0.3 is 9.40 Å². The molecule has 2 aromatic heterocycles. The third-order valence-corrected chi connectivity index (χ3v) is 5.14. The molecule has 0 unspecified atom stereocenters. The van der Waals surface area contributed by atoms with Gasteiger partial charge in [-0.05, 0) is 55.3 Å². The Morgan fingerprint density at radius 3 is 2.73 bits per heavy atom. The first-order valence-electron chi connectivity index (χ1n) is 8.99. The molecule has 0 atom stereocenters. The number of furan rings is 1. The number of halogens is 1. The Hall–Kier alpha value is -3.89. The van der Waals surface area contributed by atoms with Crippen LogP contribution in [0.4, 0.5) is 5.69 Å². The maximum absolute atomic E-state index is 11.0. The molecule has 0 saturated heterocycles. The van der Waals surface area contributed by atoms with Crippen LogP contribution in [0.25, 0.3) is 34.0 Å². The van der Waals surface area contributed by atoms with Crippen LogP contribution >= 0.6 is 11.6 Å². The van der Waals surface area contributed by atoms with Gasteiger partial charge in [-0.15, -0.1) is 0 Å². The highest BCUT2D eigenvalue weighted by atomic mass is 35.5. The minimum Gasteiger partial charge on any atom is -0.457 e. The minimum absolute atomic E-state index is 0.0894. The summed E-state index contributed by atoms with van der Waals surface area (Å²) in [5, 5.41) is 21.0. The third kappa shape index (κ3) is 3.56. The number of nitrogens with one attached hydrogen (secondary N) is 1. The summed E-state index contributed by atoms with van der Waals surface area (Å²) in [5.74, 6) is 1.20. The molecule has 30 heavy (non-hydrogen) atoms. The number of allylic oxidation sites excluding steroid dienone is 1. The molecule has 0 aliphatic rings. The number of aryl methyl sites for hydroxylation is 2. The molecule has 7 nitrogen and oxygen atoms in total. The second-order valence-corrected chi connectivity index (χ2v) is 7.24. The van der Waals surface area contributed by atoms with Gasteiger partial charge >= 0.3 is 0 Å². The van der Waals surface area contributed by atoms with E-state index in [-0.39, 0.29) is 5.69 Å². The fourth-order valence-electron chi connectivity index (χ4n) is 3.08. The topological polar surface area (TPSA) is 109 Å². The second kappa shape index (κ2) is 7.50. The number of fused-ring (bicyclic) bond motifs is 1. The molecule has 0 aliphatic carbocycles. The summed E-state index contributed by atoms with van der Waals surface area (Å²) in [5.41, 5.74) is 4.48. The SMILES string of the molecule is Cc1cc2nc(/C(C#N)=C/c3ccc(-c4cc([N+](=O)[O-])ccc4Cl)o3)[nH]c2cc1C. The number of non-ortho nitro benzene ring substituents is 1. The number of rotatable bonds is 4. The quantitative estimate of drug-likeness (QED) is 0.246. The summed E-state index contributed by atoms with van der Waals surface area (Å²) < 4.78 is 5.78. The number of benzene rings is 2. The zero-order valence-electron chi connectivity index (χ0n) is 16.1. The average Bonchev–Trinajstić information content (AvgIpc) is 3.33. The van der Waals surface area contributed by atoms with Crippen molar-refractivity contribution in [1.82, 2.24) is 9.97 Å². The molecule has 0 radical (unpaired) electrons. The van der Waals surface area contributed by atoms with Gasteiger partial charge in [0.1, 0.15) is 23.4 Å². The fraction of sp³-hybridized carbons (Fsp3) is 0.0909. The maximum atomic E-state index is 11.0. The van der Waals surface area contributed by atoms with E-state index in [0.29, 0.717) is 33.5 Å². The van der Waals surface area contributed by atoms with E-state index in [9.17, 15) is 15.4 Å². The molecular weight excluding hydrogens is 404 g/mol. The standard InChI is InChI=1S/C22H15ClN4O3/c1-12-7-19-20(8-13(12)2)26-22(25-19)14(11-24)9-16-4-6-21(30-16)17-10-15(27(28)29)3-5-18(17)23/h3-10H,1-2H3,(H,25,26)/b14-9+. The van der Waals surface area contributed by atoms with Gasteiger partial charge in [0.2, 0.25) is 0 Å². The average molecular weight is 419 g/mol. The predicted octanol–water partition coefficient (Wildman–Crippen LogP) is 6.07. The van der Waals surface area contributed by atoms with Crippen molar-refractivity contribution in [3.05, 3.63) is 80.3 Å². The van der Waals surface area contributed by atoms with E-state index < -0.39 is 4.92 Å². The van der Waals surface area contributed by atoms with Gasteiger partial charge in [-0.1, -0.05) is 11.6 Å². The predicted molar refractivity (Wildman–Crippen MR) is 115 cm³/mol. The van der Waals surface area contributed by atoms with E-state index in [2.05, 4.69) is 16.0 Å². The molecule has 8 heteroatoms. The number of nitro benzene ring substituents is 1. The molecule has 4 aromatic rings. The van der Waals surface area contributed by atoms with E-state index in [4.69, 9.17) is 16.0 Å². The highest BCUT2D eigenvalue weighted by Gasteiger charge is 2.15. The van der Waals surface area contributed by atoms with Gasteiger partial charge in [0.25, 0.3) is 5.69 Å². The molecular formula is C22H15ClN4O3. The van der Waals surface area contributed by atoms with Crippen LogP contribution in [0, 0.1) is 35.3 Å². The Morgan fingerprint density at radius 1 is 1.23 bits per heavy atom. The van der Waals surface area contributed by atoms with Crippen molar-refractivity contribution >= 4 is 40.0 Å². The lowest BCUT2D eigenvalue weighted by molar-refractivity contribution is -0.384. The smallest absolute Gasteiger partial charge is 0.270 e. The van der Waals surface area contributed by atoms with Crippen LogP contribution in [0.15, 0.2) is 46.9 Å². The molecule has 2 aromatic carbocycles. The molecule has 0 spiro atoms. The number of hydrogen-bond acceptors (Lipinski definition) is 5. The van der Waals surface area contributed by atoms with Crippen LogP contribution < -0.4 is 0 Å². The fourth-order valence-corrected chi connectivity index (χ4v) is 3.29. The molecule has 148 valence electrons. The number of nitrogens with zero attached hydrogens (tertiary/aromatic N) is 3. The zero-order chi connectivity index (χ0) is 21.4. The van der Waals surface area contributed by atoms with Gasteiger partial charge in [-0.25, -0.2) is 4.98 Å². The molecule has 1 N–H and O–H groups in total. The normalized spacial score (nSPS) is 11.6. The molecule has 0 amide bonds. The van der Waals surface area contributed by atoms with Crippen molar-refractivity contribution in [2.24, 2.45) is 0 Å². The Balaban J connectivity index is 1.72. The Labute approximate surface area is 176 Å². The number of nitro groups is 1. The minimum atomic E-state index is -0.498. The van der Waals surface area contributed by atoms with Gasteiger partial charge in [0, 0.05) is 23.8 Å². The highest BCUT2D eigenvalue weighted by molar-refractivity contribution is 6.33. The molecule has 2 heterocycles. The lowest BCUT2D eigenvalue weighted by Gasteiger charge is -2.00. The van der Waals surface area contributed by atoms with Gasteiger partial charge in [-0.2, -0.15) is 5.26 Å². The van der Waals surface area contributed by atoms with Crippen molar-refractivity contribution in [2.45, 2.75) is 13.8 Å². The van der Waals surface area contributed by atoms with Crippen LogP contribution in [-0.4, -0.2) is 14.9 Å². The molecule has 0 saturated carbocycles. The van der Waals surface area contributed by atoms with Crippen LogP contribution in [0.3, 0.4) is 0 Å². The summed E-state index contributed by atoms with van der Waals surface area (Å²) in [7, 11) is 0. The Bertz CT molecular complexity index is 1340. The summed E-state index contributed by atoms with van der Waals surface area (Å²) in [6.45, 7) is 4.02. The maximum Gasteiger partial charge on any atom is 0.270 e. The first-order valence-corrected chi connectivity index (χ1v) is 9.37. The highest BCUT2D eigenvalue weighted by Crippen LogP contribution is 2.33. The zero-order valence-corrected chi connectivity index (χ0v) is 16.8. The van der Waals surface area contributed by atoms with Crippen molar-refractivity contribution in [1.29, 1.82) is 5.26 Å². The van der Waals surface area contributed by atoms with E-state index in [1.54, 1.807) is 18.2 Å². The van der Waals surface area contributed by atoms with Gasteiger partial charge in [-0.3, -0.25) is 10.1 Å². The van der Waals surface area contributed by atoms with Crippen LogP contribution in [-0.2, 0) is 0 Å². The van der Waals surface area contributed by atoms with Crippen molar-refractivity contribution in [3.63, 3.8) is 0 Å². The van der Waals surface area contributed by atoms with Crippen molar-refractivity contribution in [2.75, 3.05) is 0 Å². The largest absolute Gasteiger partial charge is 0.457 e. The van der Waals surface area contributed by atoms with Crippen LogP contribution in [0.5, 0.6) is 0 Å². The lowest BCUT2D eigenvalue weighted by atomic mass is 10.1.